The molecule has 1 heterocycles. The number of halogens is 2. The highest BCUT2D eigenvalue weighted by molar-refractivity contribution is 9.10. The van der Waals surface area contributed by atoms with Crippen LogP contribution in [0, 0.1) is 5.92 Å². The van der Waals surface area contributed by atoms with E-state index in [0.717, 1.165) is 29.7 Å². The van der Waals surface area contributed by atoms with Crippen LogP contribution < -0.4 is 5.32 Å². The molecule has 0 aromatic carbocycles. The average Bonchev–Trinajstić information content (AvgIpc) is 2.63. The second kappa shape index (κ2) is 5.12. The molecule has 5 heteroatoms. The molecule has 2 rings (SSSR count). The highest BCUT2D eigenvalue weighted by Crippen LogP contribution is 2.29. The Bertz CT molecular complexity index is 334. The minimum atomic E-state index is 0.366. The minimum Gasteiger partial charge on any atom is -0.369 e. The van der Waals surface area contributed by atoms with Crippen molar-refractivity contribution in [2.45, 2.75) is 24.6 Å². The zero-order chi connectivity index (χ0) is 10.7. The number of anilines is 1. The molecular weight excluding hydrogens is 277 g/mol. The molecular formula is C10H13BrClN3. The standard InChI is InChI=1S/C10H13BrClN3/c11-9-5-13-6-15-10(9)14-4-7-1-2-8(12)3-7/h5-8H,1-4H2,(H,13,14,15). The Hall–Kier alpha value is -0.350. The van der Waals surface area contributed by atoms with E-state index in [2.05, 4.69) is 31.2 Å². The van der Waals surface area contributed by atoms with Gasteiger partial charge in [0.2, 0.25) is 0 Å². The molecule has 2 unspecified atom stereocenters. The van der Waals surface area contributed by atoms with E-state index < -0.39 is 0 Å². The summed E-state index contributed by atoms with van der Waals surface area (Å²) in [7, 11) is 0. The van der Waals surface area contributed by atoms with Crippen LogP contribution >= 0.6 is 27.5 Å². The number of aromatic nitrogens is 2. The maximum atomic E-state index is 6.06. The Morgan fingerprint density at radius 2 is 2.40 bits per heavy atom. The molecule has 0 amide bonds. The van der Waals surface area contributed by atoms with E-state index in [1.807, 2.05) is 0 Å². The van der Waals surface area contributed by atoms with Gasteiger partial charge in [0.25, 0.3) is 0 Å². The lowest BCUT2D eigenvalue weighted by Crippen LogP contribution is -2.13. The lowest BCUT2D eigenvalue weighted by Gasteiger charge is -2.11. The van der Waals surface area contributed by atoms with Crippen molar-refractivity contribution in [3.8, 4) is 0 Å². The molecule has 1 aromatic rings. The van der Waals surface area contributed by atoms with E-state index in [9.17, 15) is 0 Å². The summed E-state index contributed by atoms with van der Waals surface area (Å²) in [6.07, 6.45) is 6.75. The summed E-state index contributed by atoms with van der Waals surface area (Å²) in [6.45, 7) is 0.943. The summed E-state index contributed by atoms with van der Waals surface area (Å²) < 4.78 is 0.908. The third-order valence-electron chi connectivity index (χ3n) is 2.70. The Kier molecular flexibility index (Phi) is 3.81. The van der Waals surface area contributed by atoms with Gasteiger partial charge in [0.05, 0.1) is 4.47 Å². The van der Waals surface area contributed by atoms with Crippen molar-refractivity contribution in [1.29, 1.82) is 0 Å². The quantitative estimate of drug-likeness (QED) is 0.870. The summed E-state index contributed by atoms with van der Waals surface area (Å²) in [5.41, 5.74) is 0. The Labute approximate surface area is 103 Å². The van der Waals surface area contributed by atoms with Gasteiger partial charge in [-0.25, -0.2) is 9.97 Å². The van der Waals surface area contributed by atoms with Gasteiger partial charge in [-0.3, -0.25) is 0 Å². The van der Waals surface area contributed by atoms with Crippen molar-refractivity contribution in [3.05, 3.63) is 17.0 Å². The van der Waals surface area contributed by atoms with Crippen LogP contribution in [-0.4, -0.2) is 21.9 Å². The highest BCUT2D eigenvalue weighted by atomic mass is 79.9. The smallest absolute Gasteiger partial charge is 0.143 e. The fourth-order valence-corrected chi connectivity index (χ4v) is 2.62. The molecule has 0 bridgehead atoms. The van der Waals surface area contributed by atoms with Crippen LogP contribution in [0.4, 0.5) is 5.82 Å². The Morgan fingerprint density at radius 1 is 1.53 bits per heavy atom. The third kappa shape index (κ3) is 3.05. The van der Waals surface area contributed by atoms with Crippen LogP contribution in [0.3, 0.4) is 0 Å². The van der Waals surface area contributed by atoms with Crippen molar-refractivity contribution in [3.63, 3.8) is 0 Å². The van der Waals surface area contributed by atoms with Gasteiger partial charge in [0.1, 0.15) is 12.1 Å². The fourth-order valence-electron chi connectivity index (χ4n) is 1.88. The topological polar surface area (TPSA) is 37.8 Å². The zero-order valence-electron chi connectivity index (χ0n) is 8.29. The molecule has 2 atom stereocenters. The van der Waals surface area contributed by atoms with Crippen molar-refractivity contribution in [2.24, 2.45) is 5.92 Å². The molecule has 1 aliphatic rings. The van der Waals surface area contributed by atoms with Crippen LogP contribution in [0.5, 0.6) is 0 Å². The zero-order valence-corrected chi connectivity index (χ0v) is 10.6. The molecule has 0 aliphatic heterocycles. The predicted octanol–water partition coefficient (Wildman–Crippen LogP) is 3.06. The molecule has 1 N–H and O–H groups in total. The maximum Gasteiger partial charge on any atom is 0.143 e. The van der Waals surface area contributed by atoms with Crippen LogP contribution in [0.1, 0.15) is 19.3 Å². The lowest BCUT2D eigenvalue weighted by atomic mass is 10.1. The van der Waals surface area contributed by atoms with Crippen LogP contribution in [0.15, 0.2) is 17.0 Å². The number of nitrogens with one attached hydrogen (secondary N) is 1. The number of rotatable bonds is 3. The van der Waals surface area contributed by atoms with Crippen LogP contribution in [-0.2, 0) is 0 Å². The van der Waals surface area contributed by atoms with Crippen molar-refractivity contribution >= 4 is 33.3 Å². The molecule has 1 aromatic heterocycles. The molecule has 82 valence electrons. The molecule has 1 aliphatic carbocycles. The number of nitrogens with zero attached hydrogens (tertiary/aromatic N) is 2. The summed E-state index contributed by atoms with van der Waals surface area (Å²) in [6, 6.07) is 0. The van der Waals surface area contributed by atoms with Gasteiger partial charge in [-0.05, 0) is 41.1 Å². The summed E-state index contributed by atoms with van der Waals surface area (Å²) in [5.74, 6) is 1.54. The van der Waals surface area contributed by atoms with Crippen molar-refractivity contribution < 1.29 is 0 Å². The van der Waals surface area contributed by atoms with Crippen LogP contribution in [0.25, 0.3) is 0 Å². The van der Waals surface area contributed by atoms with Gasteiger partial charge in [-0.2, -0.15) is 0 Å². The summed E-state index contributed by atoms with van der Waals surface area (Å²) >= 11 is 9.46. The first-order valence-electron chi connectivity index (χ1n) is 5.09. The molecule has 15 heavy (non-hydrogen) atoms. The van der Waals surface area contributed by atoms with Gasteiger partial charge in [-0.1, -0.05) is 0 Å². The van der Waals surface area contributed by atoms with Gasteiger partial charge < -0.3 is 5.32 Å². The fraction of sp³-hybridized carbons (Fsp3) is 0.600. The first-order valence-corrected chi connectivity index (χ1v) is 6.32. The van der Waals surface area contributed by atoms with E-state index in [4.69, 9.17) is 11.6 Å². The maximum absolute atomic E-state index is 6.06. The first kappa shape index (κ1) is 11.1. The molecule has 1 fully saturated rings. The highest BCUT2D eigenvalue weighted by Gasteiger charge is 2.22. The largest absolute Gasteiger partial charge is 0.369 e. The average molecular weight is 291 g/mol. The molecule has 0 spiro atoms. The summed E-state index contributed by atoms with van der Waals surface area (Å²) in [4.78, 5) is 8.07. The predicted molar refractivity (Wildman–Crippen MR) is 65.2 cm³/mol. The molecule has 1 saturated carbocycles. The van der Waals surface area contributed by atoms with E-state index in [0.29, 0.717) is 11.3 Å². The van der Waals surface area contributed by atoms with Gasteiger partial charge in [0, 0.05) is 18.1 Å². The van der Waals surface area contributed by atoms with Crippen molar-refractivity contribution in [2.75, 3.05) is 11.9 Å². The monoisotopic (exact) mass is 289 g/mol. The molecule has 0 saturated heterocycles. The Morgan fingerprint density at radius 3 is 3.07 bits per heavy atom. The number of hydrogen-bond donors (Lipinski definition) is 1. The van der Waals surface area contributed by atoms with E-state index in [-0.39, 0.29) is 0 Å². The normalized spacial score (nSPS) is 25.5. The van der Waals surface area contributed by atoms with E-state index in [1.54, 1.807) is 12.5 Å². The van der Waals surface area contributed by atoms with Gasteiger partial charge in [0.15, 0.2) is 0 Å². The third-order valence-corrected chi connectivity index (χ3v) is 3.68. The summed E-state index contributed by atoms with van der Waals surface area (Å²) in [5, 5.41) is 3.69. The van der Waals surface area contributed by atoms with E-state index >= 15 is 0 Å². The minimum absolute atomic E-state index is 0.366. The Balaban J connectivity index is 1.86. The van der Waals surface area contributed by atoms with Gasteiger partial charge in [-0.15, -0.1) is 11.6 Å². The number of alkyl halides is 1. The molecule has 3 nitrogen and oxygen atoms in total. The second-order valence-electron chi connectivity index (χ2n) is 3.88. The van der Waals surface area contributed by atoms with Gasteiger partial charge >= 0.3 is 0 Å². The first-order chi connectivity index (χ1) is 7.25. The second-order valence-corrected chi connectivity index (χ2v) is 5.35. The van der Waals surface area contributed by atoms with E-state index in [1.165, 1.54) is 6.42 Å². The van der Waals surface area contributed by atoms with Crippen LogP contribution in [0.2, 0.25) is 0 Å². The lowest BCUT2D eigenvalue weighted by molar-refractivity contribution is 0.579. The molecule has 0 radical (unpaired) electrons. The van der Waals surface area contributed by atoms with Crippen molar-refractivity contribution in [1.82, 2.24) is 9.97 Å². The SMILES string of the molecule is ClC1CCC(CNc2ncncc2Br)C1. The number of hydrogen-bond acceptors (Lipinski definition) is 3.